The van der Waals surface area contributed by atoms with Gasteiger partial charge in [0.05, 0.1) is 17.2 Å². The number of aromatic nitrogens is 2. The van der Waals surface area contributed by atoms with Crippen LogP contribution in [0.15, 0.2) is 53.6 Å². The van der Waals surface area contributed by atoms with Gasteiger partial charge < -0.3 is 9.30 Å². The molecule has 0 atom stereocenters. The highest BCUT2D eigenvalue weighted by atomic mass is 19.3. The Morgan fingerprint density at radius 1 is 1.27 bits per heavy atom. The van der Waals surface area contributed by atoms with E-state index in [0.717, 1.165) is 16.9 Å². The highest BCUT2D eigenvalue weighted by molar-refractivity contribution is 5.84. The molecule has 0 aliphatic heterocycles. The second kappa shape index (κ2) is 7.73. The van der Waals surface area contributed by atoms with Gasteiger partial charge in [0.15, 0.2) is 0 Å². The molecule has 1 amide bonds. The average molecular weight is 358 g/mol. The van der Waals surface area contributed by atoms with E-state index in [-0.39, 0.29) is 18.2 Å². The topological polar surface area (TPSA) is 68.5 Å². The Labute approximate surface area is 148 Å². The van der Waals surface area contributed by atoms with Crippen LogP contribution in [0.1, 0.15) is 11.4 Å². The monoisotopic (exact) mass is 358 g/mol. The Kier molecular flexibility index (Phi) is 5.21. The lowest BCUT2D eigenvalue weighted by Gasteiger charge is -2.05. The van der Waals surface area contributed by atoms with E-state index in [0.29, 0.717) is 5.56 Å². The number of benzene rings is 2. The molecule has 0 fully saturated rings. The number of hydrogen-bond acceptors (Lipinski definition) is 4. The van der Waals surface area contributed by atoms with Gasteiger partial charge in [0.2, 0.25) is 0 Å². The van der Waals surface area contributed by atoms with Crippen molar-refractivity contribution >= 4 is 23.2 Å². The number of halogens is 2. The third kappa shape index (κ3) is 4.21. The van der Waals surface area contributed by atoms with Crippen molar-refractivity contribution in [3.63, 3.8) is 0 Å². The first kappa shape index (κ1) is 17.5. The summed E-state index contributed by atoms with van der Waals surface area (Å²) >= 11 is 0. The van der Waals surface area contributed by atoms with Crippen molar-refractivity contribution in [1.29, 1.82) is 0 Å². The molecular weight excluding hydrogens is 342 g/mol. The quantitative estimate of drug-likeness (QED) is 0.544. The van der Waals surface area contributed by atoms with Crippen molar-refractivity contribution in [1.82, 2.24) is 15.0 Å². The van der Waals surface area contributed by atoms with Crippen molar-refractivity contribution in [2.75, 3.05) is 0 Å². The zero-order chi connectivity index (χ0) is 18.5. The molecule has 0 bridgehead atoms. The van der Waals surface area contributed by atoms with Crippen molar-refractivity contribution in [3.05, 3.63) is 59.9 Å². The third-order valence-electron chi connectivity index (χ3n) is 3.66. The smallest absolute Gasteiger partial charge is 0.387 e. The summed E-state index contributed by atoms with van der Waals surface area (Å²) < 4.78 is 30.2. The van der Waals surface area contributed by atoms with E-state index in [4.69, 9.17) is 0 Å². The summed E-state index contributed by atoms with van der Waals surface area (Å²) in [7, 11) is 0. The number of para-hydroxylation sites is 2. The molecule has 2 aromatic carbocycles. The number of imidazole rings is 1. The number of nitrogens with zero attached hydrogens (tertiary/aromatic N) is 3. The number of nitrogens with one attached hydrogen (secondary N) is 1. The highest BCUT2D eigenvalue weighted by Crippen LogP contribution is 2.15. The predicted molar refractivity (Wildman–Crippen MR) is 93.3 cm³/mol. The number of alkyl halides is 2. The second-order valence-corrected chi connectivity index (χ2v) is 5.47. The van der Waals surface area contributed by atoms with Gasteiger partial charge in [-0.1, -0.05) is 12.1 Å². The minimum Gasteiger partial charge on any atom is -0.435 e. The maximum Gasteiger partial charge on any atom is 0.387 e. The number of ether oxygens (including phenoxy) is 1. The number of aryl methyl sites for hydroxylation is 1. The van der Waals surface area contributed by atoms with Crippen molar-refractivity contribution < 1.29 is 18.3 Å². The molecule has 3 aromatic rings. The van der Waals surface area contributed by atoms with Crippen molar-refractivity contribution in [2.45, 2.75) is 20.1 Å². The molecule has 0 radical (unpaired) electrons. The van der Waals surface area contributed by atoms with E-state index >= 15 is 0 Å². The van der Waals surface area contributed by atoms with E-state index in [2.05, 4.69) is 20.2 Å². The van der Waals surface area contributed by atoms with Gasteiger partial charge in [-0.15, -0.1) is 0 Å². The van der Waals surface area contributed by atoms with Crippen LogP contribution in [0.4, 0.5) is 8.78 Å². The molecule has 134 valence electrons. The first-order valence-corrected chi connectivity index (χ1v) is 7.81. The molecule has 1 aromatic heterocycles. The third-order valence-corrected chi connectivity index (χ3v) is 3.66. The van der Waals surface area contributed by atoms with Gasteiger partial charge in [-0.05, 0) is 48.9 Å². The van der Waals surface area contributed by atoms with Crippen LogP contribution in [0, 0.1) is 6.92 Å². The second-order valence-electron chi connectivity index (χ2n) is 5.47. The van der Waals surface area contributed by atoms with Crippen molar-refractivity contribution in [3.8, 4) is 5.75 Å². The van der Waals surface area contributed by atoms with Crippen molar-refractivity contribution in [2.24, 2.45) is 5.10 Å². The number of fused-ring (bicyclic) bond motifs is 1. The molecule has 1 heterocycles. The van der Waals surface area contributed by atoms with E-state index < -0.39 is 6.61 Å². The average Bonchev–Trinajstić information content (AvgIpc) is 2.92. The molecule has 0 saturated heterocycles. The van der Waals surface area contributed by atoms with Crippen LogP contribution in [-0.2, 0) is 11.3 Å². The number of hydrogen-bond donors (Lipinski definition) is 1. The van der Waals surface area contributed by atoms with Crippen LogP contribution in [0.25, 0.3) is 11.0 Å². The van der Waals surface area contributed by atoms with Gasteiger partial charge in [-0.3, -0.25) is 4.79 Å². The normalized spacial score (nSPS) is 11.4. The summed E-state index contributed by atoms with van der Waals surface area (Å²) in [4.78, 5) is 16.5. The molecule has 1 N–H and O–H groups in total. The minimum absolute atomic E-state index is 0.0589. The molecule has 3 rings (SSSR count). The molecule has 26 heavy (non-hydrogen) atoms. The summed E-state index contributed by atoms with van der Waals surface area (Å²) in [6.45, 7) is -0.943. The van der Waals surface area contributed by atoms with E-state index in [1.54, 1.807) is 16.7 Å². The van der Waals surface area contributed by atoms with Crippen LogP contribution in [0.2, 0.25) is 0 Å². The Hall–Kier alpha value is -3.29. The van der Waals surface area contributed by atoms with E-state index in [1.807, 2.05) is 31.2 Å². The molecule has 0 aliphatic carbocycles. The number of carbonyl (C=O) groups is 1. The van der Waals surface area contributed by atoms with Gasteiger partial charge in [0.1, 0.15) is 18.1 Å². The van der Waals surface area contributed by atoms with Crippen LogP contribution >= 0.6 is 0 Å². The molecular formula is C18H16F2N4O2. The van der Waals surface area contributed by atoms with Gasteiger partial charge in [-0.25, -0.2) is 10.4 Å². The summed E-state index contributed by atoms with van der Waals surface area (Å²) in [5.74, 6) is 0.494. The van der Waals surface area contributed by atoms with Crippen LogP contribution in [0.5, 0.6) is 5.75 Å². The van der Waals surface area contributed by atoms with E-state index in [9.17, 15) is 13.6 Å². The Balaban J connectivity index is 1.60. The highest BCUT2D eigenvalue weighted by Gasteiger charge is 2.10. The van der Waals surface area contributed by atoms with Crippen LogP contribution in [0.3, 0.4) is 0 Å². The van der Waals surface area contributed by atoms with Gasteiger partial charge >= 0.3 is 6.61 Å². The molecule has 6 nitrogen and oxygen atoms in total. The fourth-order valence-corrected chi connectivity index (χ4v) is 2.49. The fraction of sp³-hybridized carbons (Fsp3) is 0.167. The first-order chi connectivity index (χ1) is 12.5. The number of carbonyl (C=O) groups excluding carboxylic acids is 1. The molecule has 0 spiro atoms. The molecule has 0 unspecified atom stereocenters. The predicted octanol–water partition coefficient (Wildman–Crippen LogP) is 3.10. The lowest BCUT2D eigenvalue weighted by molar-refractivity contribution is -0.121. The Morgan fingerprint density at radius 2 is 2.00 bits per heavy atom. The molecule has 8 heteroatoms. The Morgan fingerprint density at radius 3 is 2.73 bits per heavy atom. The number of hydrazone groups is 1. The zero-order valence-corrected chi connectivity index (χ0v) is 13.9. The van der Waals surface area contributed by atoms with Crippen LogP contribution < -0.4 is 10.2 Å². The largest absolute Gasteiger partial charge is 0.435 e. The fourth-order valence-electron chi connectivity index (χ4n) is 2.49. The minimum atomic E-state index is -2.86. The summed E-state index contributed by atoms with van der Waals surface area (Å²) in [5.41, 5.74) is 4.77. The molecule has 0 saturated carbocycles. The van der Waals surface area contributed by atoms with E-state index in [1.165, 1.54) is 18.3 Å². The van der Waals surface area contributed by atoms with Gasteiger partial charge in [0.25, 0.3) is 5.91 Å². The van der Waals surface area contributed by atoms with Gasteiger partial charge in [0, 0.05) is 0 Å². The number of rotatable bonds is 6. The van der Waals surface area contributed by atoms with Crippen LogP contribution in [-0.4, -0.2) is 28.3 Å². The zero-order valence-electron chi connectivity index (χ0n) is 13.9. The lowest BCUT2D eigenvalue weighted by atomic mass is 10.2. The molecule has 0 aliphatic rings. The first-order valence-electron chi connectivity index (χ1n) is 7.81. The summed E-state index contributed by atoms with van der Waals surface area (Å²) in [5, 5.41) is 3.88. The Bertz CT molecular complexity index is 936. The number of amides is 1. The summed E-state index contributed by atoms with van der Waals surface area (Å²) in [6.07, 6.45) is 1.42. The SMILES string of the molecule is Cc1nc2ccccc2n1CC(=O)N/N=C\c1ccc(OC(F)F)cc1. The standard InChI is InChI=1S/C18H16F2N4O2/c1-12-22-15-4-2-3-5-16(15)24(12)11-17(25)23-21-10-13-6-8-14(9-7-13)26-18(19)20/h2-10,18H,11H2,1H3,(H,23,25)/b21-10-. The maximum absolute atomic E-state index is 12.1. The lowest BCUT2D eigenvalue weighted by Crippen LogP contribution is -2.23. The van der Waals surface area contributed by atoms with Gasteiger partial charge in [-0.2, -0.15) is 13.9 Å². The maximum atomic E-state index is 12.1. The summed E-state index contributed by atoms with van der Waals surface area (Å²) in [6, 6.07) is 13.5.